The lowest BCUT2D eigenvalue weighted by Crippen LogP contribution is -2.44. The maximum absolute atomic E-state index is 6.00. The molecule has 0 bridgehead atoms. The predicted octanol–water partition coefficient (Wildman–Crippen LogP) is 0.551. The minimum absolute atomic E-state index is 0.300. The number of rotatable bonds is 1. The first-order valence-electron chi connectivity index (χ1n) is 4.81. The van der Waals surface area contributed by atoms with E-state index in [1.54, 1.807) is 18.5 Å². The van der Waals surface area contributed by atoms with Crippen molar-refractivity contribution in [3.05, 3.63) is 42.2 Å². The van der Waals surface area contributed by atoms with Crippen LogP contribution in [-0.4, -0.2) is 17.0 Å². The molecule has 0 fully saturated rings. The Morgan fingerprint density at radius 2 is 2.00 bits per heavy atom. The molecule has 4 heteroatoms. The highest BCUT2D eigenvalue weighted by atomic mass is 15.0. The molecule has 4 N–H and O–H groups in total. The van der Waals surface area contributed by atoms with Gasteiger partial charge in [0.15, 0.2) is 0 Å². The van der Waals surface area contributed by atoms with E-state index in [-0.39, 0.29) is 11.6 Å². The quantitative estimate of drug-likeness (QED) is 0.698. The van der Waals surface area contributed by atoms with Crippen LogP contribution in [0.2, 0.25) is 0 Å². The van der Waals surface area contributed by atoms with Gasteiger partial charge < -0.3 is 11.5 Å². The van der Waals surface area contributed by atoms with E-state index in [0.717, 1.165) is 5.56 Å². The first-order valence-corrected chi connectivity index (χ1v) is 4.81. The summed E-state index contributed by atoms with van der Waals surface area (Å²) < 4.78 is 0. The topological polar surface area (TPSA) is 77.3 Å². The van der Waals surface area contributed by atoms with E-state index in [4.69, 9.17) is 11.5 Å². The number of hydrogen-bond acceptors (Lipinski definition) is 4. The molecule has 0 saturated carbocycles. The van der Waals surface area contributed by atoms with Crippen molar-refractivity contribution in [1.29, 1.82) is 0 Å². The molecule has 1 aromatic heterocycles. The molecule has 2 heterocycles. The Kier molecular flexibility index (Phi) is 2.28. The number of nitrogens with zero attached hydrogens (tertiary/aromatic N) is 2. The summed E-state index contributed by atoms with van der Waals surface area (Å²) in [4.78, 5) is 8.16. The van der Waals surface area contributed by atoms with Gasteiger partial charge >= 0.3 is 0 Å². The van der Waals surface area contributed by atoms with Gasteiger partial charge in [-0.25, -0.2) is 4.99 Å². The van der Waals surface area contributed by atoms with E-state index < -0.39 is 0 Å². The normalized spacial score (nSPS) is 30.0. The molecular formula is C11H14N4. The van der Waals surface area contributed by atoms with Gasteiger partial charge in [0.1, 0.15) is 12.0 Å². The fourth-order valence-corrected chi connectivity index (χ4v) is 1.67. The van der Waals surface area contributed by atoms with Gasteiger partial charge in [-0.15, -0.1) is 0 Å². The lowest BCUT2D eigenvalue weighted by Gasteiger charge is -2.32. The fraction of sp³-hybridized carbons (Fsp3) is 0.273. The average molecular weight is 202 g/mol. The van der Waals surface area contributed by atoms with Crippen LogP contribution in [0.25, 0.3) is 0 Å². The van der Waals surface area contributed by atoms with Crippen LogP contribution in [-0.2, 0) is 5.41 Å². The molecule has 1 aromatic rings. The van der Waals surface area contributed by atoms with Crippen LogP contribution >= 0.6 is 0 Å². The highest BCUT2D eigenvalue weighted by Crippen LogP contribution is 2.30. The zero-order valence-electron chi connectivity index (χ0n) is 8.59. The first-order chi connectivity index (χ1) is 7.13. The average Bonchev–Trinajstić information content (AvgIpc) is 2.25. The number of dihydropyridines is 1. The molecule has 0 spiro atoms. The van der Waals surface area contributed by atoms with Crippen molar-refractivity contribution in [2.45, 2.75) is 18.5 Å². The van der Waals surface area contributed by atoms with E-state index in [0.29, 0.717) is 5.84 Å². The van der Waals surface area contributed by atoms with Crippen LogP contribution in [0.3, 0.4) is 0 Å². The molecule has 0 aromatic carbocycles. The second-order valence-electron chi connectivity index (χ2n) is 3.85. The largest absolute Gasteiger partial charge is 0.384 e. The molecule has 78 valence electrons. The standard InChI is InChI=1S/C11H14N4/c1-11(8-3-6-14-7-4-8)5-2-9(12)15-10(11)13/h2-7,10H,13H2,1H3,(H2,12,15). The summed E-state index contributed by atoms with van der Waals surface area (Å²) in [5.41, 5.74) is 12.4. The number of nitrogens with two attached hydrogens (primary N) is 2. The Morgan fingerprint density at radius 3 is 2.60 bits per heavy atom. The van der Waals surface area contributed by atoms with Gasteiger partial charge in [-0.1, -0.05) is 6.08 Å². The number of aromatic nitrogens is 1. The third kappa shape index (κ3) is 1.64. The highest BCUT2D eigenvalue weighted by molar-refractivity contribution is 5.92. The predicted molar refractivity (Wildman–Crippen MR) is 60.3 cm³/mol. The van der Waals surface area contributed by atoms with Crippen molar-refractivity contribution >= 4 is 5.84 Å². The number of pyridine rings is 1. The molecule has 1 aliphatic heterocycles. The summed E-state index contributed by atoms with van der Waals surface area (Å²) in [7, 11) is 0. The molecule has 15 heavy (non-hydrogen) atoms. The maximum atomic E-state index is 6.00. The highest BCUT2D eigenvalue weighted by Gasteiger charge is 2.33. The number of aliphatic imine (C=N–C) groups is 1. The van der Waals surface area contributed by atoms with Crippen molar-refractivity contribution < 1.29 is 0 Å². The van der Waals surface area contributed by atoms with Crippen LogP contribution in [0.1, 0.15) is 12.5 Å². The zero-order valence-corrected chi connectivity index (χ0v) is 8.59. The summed E-state index contributed by atoms with van der Waals surface area (Å²) in [6.45, 7) is 2.04. The third-order valence-electron chi connectivity index (χ3n) is 2.81. The monoisotopic (exact) mass is 202 g/mol. The third-order valence-corrected chi connectivity index (χ3v) is 2.81. The van der Waals surface area contributed by atoms with Gasteiger partial charge in [0.25, 0.3) is 0 Å². The second-order valence-corrected chi connectivity index (χ2v) is 3.85. The molecule has 0 saturated heterocycles. The van der Waals surface area contributed by atoms with Crippen molar-refractivity contribution in [3.63, 3.8) is 0 Å². The van der Waals surface area contributed by atoms with E-state index in [1.165, 1.54) is 0 Å². The lowest BCUT2D eigenvalue weighted by atomic mass is 9.79. The van der Waals surface area contributed by atoms with Gasteiger partial charge in [-0.2, -0.15) is 0 Å². The maximum Gasteiger partial charge on any atom is 0.119 e. The molecule has 1 aliphatic rings. The van der Waals surface area contributed by atoms with Crippen LogP contribution in [0, 0.1) is 0 Å². The second kappa shape index (κ2) is 3.47. The van der Waals surface area contributed by atoms with E-state index in [9.17, 15) is 0 Å². The van der Waals surface area contributed by atoms with Crippen molar-refractivity contribution in [2.75, 3.05) is 0 Å². The summed E-state index contributed by atoms with van der Waals surface area (Å²) in [6, 6.07) is 3.89. The molecule has 0 aliphatic carbocycles. The number of hydrogen-bond donors (Lipinski definition) is 2. The minimum atomic E-state index is -0.343. The van der Waals surface area contributed by atoms with Crippen LogP contribution in [0.15, 0.2) is 41.7 Å². The molecule has 0 amide bonds. The van der Waals surface area contributed by atoms with E-state index in [2.05, 4.69) is 9.98 Å². The molecule has 4 nitrogen and oxygen atoms in total. The Bertz CT molecular complexity index is 410. The van der Waals surface area contributed by atoms with Gasteiger partial charge in [0, 0.05) is 17.8 Å². The van der Waals surface area contributed by atoms with Crippen molar-refractivity contribution in [1.82, 2.24) is 4.98 Å². The van der Waals surface area contributed by atoms with Gasteiger partial charge in [-0.3, -0.25) is 4.98 Å². The van der Waals surface area contributed by atoms with Crippen LogP contribution in [0.4, 0.5) is 0 Å². The zero-order chi connectivity index (χ0) is 10.9. The SMILES string of the molecule is CC1(c2ccncc2)C=CC(N)=NC1N. The lowest BCUT2D eigenvalue weighted by molar-refractivity contribution is 0.466. The molecule has 2 unspecified atom stereocenters. The van der Waals surface area contributed by atoms with Gasteiger partial charge in [0.05, 0.1) is 0 Å². The van der Waals surface area contributed by atoms with E-state index >= 15 is 0 Å². The Labute approximate surface area is 88.7 Å². The summed E-state index contributed by atoms with van der Waals surface area (Å²) in [6.07, 6.45) is 6.95. The van der Waals surface area contributed by atoms with Crippen LogP contribution in [0.5, 0.6) is 0 Å². The van der Waals surface area contributed by atoms with Crippen LogP contribution < -0.4 is 11.5 Å². The Hall–Kier alpha value is -1.68. The van der Waals surface area contributed by atoms with Crippen molar-refractivity contribution in [3.8, 4) is 0 Å². The molecule has 0 radical (unpaired) electrons. The van der Waals surface area contributed by atoms with E-state index in [1.807, 2.05) is 25.1 Å². The smallest absolute Gasteiger partial charge is 0.119 e. The summed E-state index contributed by atoms with van der Waals surface area (Å²) in [5, 5.41) is 0. The number of amidine groups is 1. The summed E-state index contributed by atoms with van der Waals surface area (Å²) in [5.74, 6) is 0.481. The Balaban J connectivity index is 2.41. The fourth-order valence-electron chi connectivity index (χ4n) is 1.67. The molecule has 2 rings (SSSR count). The van der Waals surface area contributed by atoms with Gasteiger partial charge in [0.2, 0.25) is 0 Å². The molecule has 2 atom stereocenters. The summed E-state index contributed by atoms with van der Waals surface area (Å²) >= 11 is 0. The minimum Gasteiger partial charge on any atom is -0.384 e. The molecular weight excluding hydrogens is 188 g/mol. The van der Waals surface area contributed by atoms with Gasteiger partial charge in [-0.05, 0) is 30.7 Å². The Morgan fingerprint density at radius 1 is 1.33 bits per heavy atom. The van der Waals surface area contributed by atoms with Crippen molar-refractivity contribution in [2.24, 2.45) is 16.5 Å². The first kappa shape index (κ1) is 9.86.